The molecule has 0 saturated heterocycles. The van der Waals surface area contributed by atoms with E-state index >= 15 is 0 Å². The third-order valence-corrected chi connectivity index (χ3v) is 2.04. The Hall–Kier alpha value is -1.43. The van der Waals surface area contributed by atoms with Crippen LogP contribution >= 0.6 is 0 Å². The van der Waals surface area contributed by atoms with Crippen LogP contribution in [0.15, 0.2) is 24.3 Å². The van der Waals surface area contributed by atoms with E-state index in [0.29, 0.717) is 0 Å². The highest BCUT2D eigenvalue weighted by molar-refractivity contribution is 5.97. The van der Waals surface area contributed by atoms with Crippen molar-refractivity contribution in [2.45, 2.75) is 6.18 Å². The smallest absolute Gasteiger partial charge is 0.293 e. The standard InChI is InChI=1S/C11H11F4NO/c1-16(7-11(13,14)15)6-10(17)8-4-2-3-5-9(8)12/h2-5H,6-7H2,1H3. The normalized spacial score (nSPS) is 11.9. The molecular formula is C11H11F4NO. The monoisotopic (exact) mass is 249 g/mol. The lowest BCUT2D eigenvalue weighted by Gasteiger charge is -2.17. The Kier molecular flexibility index (Phi) is 4.22. The molecule has 0 amide bonds. The second kappa shape index (κ2) is 5.27. The van der Waals surface area contributed by atoms with Crippen molar-refractivity contribution >= 4 is 5.78 Å². The highest BCUT2D eigenvalue weighted by atomic mass is 19.4. The number of carbonyl (C=O) groups is 1. The first-order valence-electron chi connectivity index (χ1n) is 4.82. The van der Waals surface area contributed by atoms with E-state index in [9.17, 15) is 22.4 Å². The molecule has 0 bridgehead atoms. The number of rotatable bonds is 4. The summed E-state index contributed by atoms with van der Waals surface area (Å²) in [6, 6.07) is 5.21. The largest absolute Gasteiger partial charge is 0.401 e. The van der Waals surface area contributed by atoms with Crippen LogP contribution in [-0.2, 0) is 0 Å². The molecule has 0 unspecified atom stereocenters. The first-order chi connectivity index (χ1) is 7.79. The minimum atomic E-state index is -4.37. The number of benzene rings is 1. The summed E-state index contributed by atoms with van der Waals surface area (Å²) in [4.78, 5) is 12.3. The molecule has 0 aliphatic rings. The molecule has 0 heterocycles. The van der Waals surface area contributed by atoms with Gasteiger partial charge in [-0.1, -0.05) is 12.1 Å². The maximum atomic E-state index is 13.2. The third-order valence-electron chi connectivity index (χ3n) is 2.04. The van der Waals surface area contributed by atoms with E-state index in [-0.39, 0.29) is 5.56 Å². The van der Waals surface area contributed by atoms with Gasteiger partial charge in [-0.05, 0) is 19.2 Å². The Morgan fingerprint density at radius 3 is 2.41 bits per heavy atom. The first-order valence-corrected chi connectivity index (χ1v) is 4.82. The van der Waals surface area contributed by atoms with Gasteiger partial charge < -0.3 is 0 Å². The summed E-state index contributed by atoms with van der Waals surface area (Å²) in [6.45, 7) is -1.67. The number of alkyl halides is 3. The molecule has 0 atom stereocenters. The molecule has 6 heteroatoms. The summed E-state index contributed by atoms with van der Waals surface area (Å²) in [5.74, 6) is -1.40. The van der Waals surface area contributed by atoms with Crippen LogP contribution in [0.2, 0.25) is 0 Å². The van der Waals surface area contributed by atoms with E-state index in [0.717, 1.165) is 18.0 Å². The van der Waals surface area contributed by atoms with E-state index in [1.807, 2.05) is 0 Å². The second-order valence-electron chi connectivity index (χ2n) is 3.69. The molecule has 2 nitrogen and oxygen atoms in total. The van der Waals surface area contributed by atoms with Gasteiger partial charge in [0, 0.05) is 0 Å². The Bertz CT molecular complexity index is 403. The average molecular weight is 249 g/mol. The van der Waals surface area contributed by atoms with Crippen LogP contribution in [0.5, 0.6) is 0 Å². The third kappa shape index (κ3) is 4.52. The Morgan fingerprint density at radius 1 is 1.29 bits per heavy atom. The molecule has 0 aliphatic carbocycles. The maximum Gasteiger partial charge on any atom is 0.401 e. The van der Waals surface area contributed by atoms with Gasteiger partial charge in [-0.25, -0.2) is 4.39 Å². The van der Waals surface area contributed by atoms with Crippen LogP contribution in [0.1, 0.15) is 10.4 Å². The predicted molar refractivity (Wildman–Crippen MR) is 54.3 cm³/mol. The summed E-state index contributed by atoms with van der Waals surface area (Å²) < 4.78 is 49.2. The van der Waals surface area contributed by atoms with Crippen molar-refractivity contribution in [1.29, 1.82) is 0 Å². The summed E-state index contributed by atoms with van der Waals surface area (Å²) in [5.41, 5.74) is -0.193. The summed E-state index contributed by atoms with van der Waals surface area (Å²) in [7, 11) is 1.16. The predicted octanol–water partition coefficient (Wildman–Crippen LogP) is 2.50. The molecule has 0 N–H and O–H groups in total. The van der Waals surface area contributed by atoms with Gasteiger partial charge in [-0.15, -0.1) is 0 Å². The summed E-state index contributed by atoms with van der Waals surface area (Å²) in [6.07, 6.45) is -4.37. The molecule has 17 heavy (non-hydrogen) atoms. The quantitative estimate of drug-likeness (QED) is 0.603. The van der Waals surface area contributed by atoms with Crippen LogP contribution in [0.3, 0.4) is 0 Å². The second-order valence-corrected chi connectivity index (χ2v) is 3.69. The zero-order chi connectivity index (χ0) is 13.1. The lowest BCUT2D eigenvalue weighted by atomic mass is 10.1. The molecule has 1 aromatic rings. The van der Waals surface area contributed by atoms with E-state index in [4.69, 9.17) is 0 Å². The fourth-order valence-electron chi connectivity index (χ4n) is 1.38. The van der Waals surface area contributed by atoms with Crippen molar-refractivity contribution in [3.8, 4) is 0 Å². The van der Waals surface area contributed by atoms with E-state index in [2.05, 4.69) is 0 Å². The van der Waals surface area contributed by atoms with Crippen molar-refractivity contribution in [1.82, 2.24) is 4.90 Å². The van der Waals surface area contributed by atoms with Gasteiger partial charge in [0.05, 0.1) is 18.7 Å². The summed E-state index contributed by atoms with van der Waals surface area (Å²) >= 11 is 0. The highest BCUT2D eigenvalue weighted by Gasteiger charge is 2.30. The number of likely N-dealkylation sites (N-methyl/N-ethyl adjacent to an activating group) is 1. The number of halogens is 4. The molecule has 94 valence electrons. The molecule has 1 aromatic carbocycles. The molecule has 0 radical (unpaired) electrons. The van der Waals surface area contributed by atoms with Gasteiger partial charge in [0.2, 0.25) is 0 Å². The molecule has 0 aliphatic heterocycles. The molecule has 0 fully saturated rings. The number of hydrogen-bond acceptors (Lipinski definition) is 2. The van der Waals surface area contributed by atoms with Crippen molar-refractivity contribution < 1.29 is 22.4 Å². The zero-order valence-corrected chi connectivity index (χ0v) is 9.09. The number of nitrogens with zero attached hydrogens (tertiary/aromatic N) is 1. The Labute approximate surface area is 95.8 Å². The average Bonchev–Trinajstić information content (AvgIpc) is 2.14. The Morgan fingerprint density at radius 2 is 1.88 bits per heavy atom. The van der Waals surface area contributed by atoms with Crippen LogP contribution in [0.4, 0.5) is 17.6 Å². The van der Waals surface area contributed by atoms with E-state index < -0.39 is 30.9 Å². The van der Waals surface area contributed by atoms with Crippen LogP contribution < -0.4 is 0 Å². The summed E-state index contributed by atoms with van der Waals surface area (Å²) in [5, 5.41) is 0. The molecule has 0 aromatic heterocycles. The van der Waals surface area contributed by atoms with Gasteiger partial charge in [-0.3, -0.25) is 9.69 Å². The van der Waals surface area contributed by atoms with Crippen LogP contribution in [-0.4, -0.2) is 37.0 Å². The lowest BCUT2D eigenvalue weighted by molar-refractivity contribution is -0.141. The van der Waals surface area contributed by atoms with Gasteiger partial charge in [-0.2, -0.15) is 13.2 Å². The zero-order valence-electron chi connectivity index (χ0n) is 9.09. The lowest BCUT2D eigenvalue weighted by Crippen LogP contribution is -2.35. The number of carbonyl (C=O) groups excluding carboxylic acids is 1. The molecule has 0 spiro atoms. The molecule has 1 rings (SSSR count). The first kappa shape index (κ1) is 13.6. The minimum Gasteiger partial charge on any atom is -0.293 e. The van der Waals surface area contributed by atoms with Crippen molar-refractivity contribution in [2.75, 3.05) is 20.1 Å². The van der Waals surface area contributed by atoms with Crippen molar-refractivity contribution in [2.24, 2.45) is 0 Å². The van der Waals surface area contributed by atoms with Crippen LogP contribution in [0, 0.1) is 5.82 Å². The number of Topliss-reactive ketones (excluding diaryl/α,β-unsaturated/α-hetero) is 1. The van der Waals surface area contributed by atoms with E-state index in [1.165, 1.54) is 18.2 Å². The fraction of sp³-hybridized carbons (Fsp3) is 0.364. The van der Waals surface area contributed by atoms with Gasteiger partial charge in [0.1, 0.15) is 5.82 Å². The SMILES string of the molecule is CN(CC(=O)c1ccccc1F)CC(F)(F)F. The molecule has 0 saturated carbocycles. The molecular weight excluding hydrogens is 238 g/mol. The Balaban J connectivity index is 2.64. The van der Waals surface area contributed by atoms with Gasteiger partial charge >= 0.3 is 6.18 Å². The van der Waals surface area contributed by atoms with Gasteiger partial charge in [0.15, 0.2) is 5.78 Å². The van der Waals surface area contributed by atoms with Crippen molar-refractivity contribution in [3.63, 3.8) is 0 Å². The van der Waals surface area contributed by atoms with Crippen LogP contribution in [0.25, 0.3) is 0 Å². The van der Waals surface area contributed by atoms with Gasteiger partial charge in [0.25, 0.3) is 0 Å². The van der Waals surface area contributed by atoms with E-state index in [1.54, 1.807) is 0 Å². The topological polar surface area (TPSA) is 20.3 Å². The minimum absolute atomic E-state index is 0.193. The maximum absolute atomic E-state index is 13.2. The fourth-order valence-corrected chi connectivity index (χ4v) is 1.38. The highest BCUT2D eigenvalue weighted by Crippen LogP contribution is 2.16. The number of ketones is 1. The van der Waals surface area contributed by atoms with Crippen molar-refractivity contribution in [3.05, 3.63) is 35.6 Å². The number of hydrogen-bond donors (Lipinski definition) is 0.